The number of carbonyl (C=O) groups is 1. The van der Waals surface area contributed by atoms with Crippen molar-refractivity contribution in [2.75, 3.05) is 13.1 Å². The Hall–Kier alpha value is -1.49. The number of hydrogen-bond acceptors (Lipinski definition) is 3. The molecule has 1 unspecified atom stereocenters. The number of likely N-dealkylation sites (tertiary alicyclic amines) is 1. The minimum absolute atomic E-state index is 0.274. The summed E-state index contributed by atoms with van der Waals surface area (Å²) in [5.74, 6) is 0.539. The number of rotatable bonds is 4. The SMILES string of the molecule is O=C(O)C1CCN(Cc2ccc(-c3ccc(Cl)c(Cl)c3)o2)C1. The van der Waals surface area contributed by atoms with Gasteiger partial charge in [-0.05, 0) is 43.3 Å². The predicted octanol–water partition coefficient (Wildman–Crippen LogP) is 4.16. The zero-order valence-electron chi connectivity index (χ0n) is 11.8. The third-order valence-corrected chi connectivity index (χ3v) is 4.61. The van der Waals surface area contributed by atoms with Gasteiger partial charge in [-0.2, -0.15) is 0 Å². The molecule has 0 bridgehead atoms. The fourth-order valence-corrected chi connectivity index (χ4v) is 2.96. The van der Waals surface area contributed by atoms with E-state index >= 15 is 0 Å². The Morgan fingerprint density at radius 2 is 2.09 bits per heavy atom. The van der Waals surface area contributed by atoms with Crippen LogP contribution in [-0.4, -0.2) is 29.1 Å². The number of benzene rings is 1. The van der Waals surface area contributed by atoms with Crippen LogP contribution in [0.3, 0.4) is 0 Å². The predicted molar refractivity (Wildman–Crippen MR) is 85.2 cm³/mol. The van der Waals surface area contributed by atoms with Gasteiger partial charge < -0.3 is 9.52 Å². The second-order valence-corrected chi connectivity index (χ2v) is 6.27. The molecular weight excluding hydrogens is 325 g/mol. The molecule has 3 rings (SSSR count). The number of halogens is 2. The number of carboxylic acid groups (broad SMARTS) is 1. The first-order valence-corrected chi connectivity index (χ1v) is 7.78. The van der Waals surface area contributed by atoms with Gasteiger partial charge in [0.25, 0.3) is 0 Å². The van der Waals surface area contributed by atoms with Crippen LogP contribution in [-0.2, 0) is 11.3 Å². The van der Waals surface area contributed by atoms with E-state index < -0.39 is 5.97 Å². The largest absolute Gasteiger partial charge is 0.481 e. The van der Waals surface area contributed by atoms with Gasteiger partial charge in [0.05, 0.1) is 22.5 Å². The van der Waals surface area contributed by atoms with E-state index in [4.69, 9.17) is 32.7 Å². The van der Waals surface area contributed by atoms with E-state index in [1.54, 1.807) is 12.1 Å². The van der Waals surface area contributed by atoms with Crippen molar-refractivity contribution in [3.63, 3.8) is 0 Å². The standard InChI is InChI=1S/C16H15Cl2NO3/c17-13-3-1-10(7-14(13)18)15-4-2-12(22-15)9-19-6-5-11(8-19)16(20)21/h1-4,7,11H,5-6,8-9H2,(H,20,21). The number of nitrogens with zero attached hydrogens (tertiary/aromatic N) is 1. The summed E-state index contributed by atoms with van der Waals surface area (Å²) in [5, 5.41) is 10.0. The minimum Gasteiger partial charge on any atom is -0.481 e. The van der Waals surface area contributed by atoms with Crippen LogP contribution in [0.1, 0.15) is 12.2 Å². The van der Waals surface area contributed by atoms with Crippen LogP contribution in [0.4, 0.5) is 0 Å². The second kappa shape index (κ2) is 6.32. The van der Waals surface area contributed by atoms with E-state index in [9.17, 15) is 4.79 Å². The molecule has 2 heterocycles. The van der Waals surface area contributed by atoms with Crippen molar-refractivity contribution in [1.29, 1.82) is 0 Å². The fraction of sp³-hybridized carbons (Fsp3) is 0.312. The molecule has 0 amide bonds. The highest BCUT2D eigenvalue weighted by atomic mass is 35.5. The number of furan rings is 1. The monoisotopic (exact) mass is 339 g/mol. The Labute approximate surface area is 138 Å². The van der Waals surface area contributed by atoms with Crippen molar-refractivity contribution < 1.29 is 14.3 Å². The molecule has 1 aliphatic rings. The fourth-order valence-electron chi connectivity index (χ4n) is 2.67. The maximum Gasteiger partial charge on any atom is 0.307 e. The van der Waals surface area contributed by atoms with E-state index in [-0.39, 0.29) is 5.92 Å². The third-order valence-electron chi connectivity index (χ3n) is 3.87. The number of aliphatic carboxylic acids is 1. The van der Waals surface area contributed by atoms with Crippen molar-refractivity contribution in [2.24, 2.45) is 5.92 Å². The molecule has 1 atom stereocenters. The Bertz CT molecular complexity index is 698. The Morgan fingerprint density at radius 1 is 1.27 bits per heavy atom. The summed E-state index contributed by atoms with van der Waals surface area (Å²) in [5.41, 5.74) is 0.866. The van der Waals surface area contributed by atoms with Gasteiger partial charge in [0.1, 0.15) is 11.5 Å². The molecule has 1 N–H and O–H groups in total. The van der Waals surface area contributed by atoms with Crippen LogP contribution in [0.15, 0.2) is 34.7 Å². The molecule has 1 fully saturated rings. The summed E-state index contributed by atoms with van der Waals surface area (Å²) in [7, 11) is 0. The highest BCUT2D eigenvalue weighted by Crippen LogP contribution is 2.30. The third kappa shape index (κ3) is 3.29. The first-order chi connectivity index (χ1) is 10.5. The maximum absolute atomic E-state index is 11.0. The van der Waals surface area contributed by atoms with Gasteiger partial charge in [-0.1, -0.05) is 23.2 Å². The average molecular weight is 340 g/mol. The van der Waals surface area contributed by atoms with E-state index in [0.717, 1.165) is 23.6 Å². The van der Waals surface area contributed by atoms with Gasteiger partial charge in [-0.3, -0.25) is 9.69 Å². The van der Waals surface area contributed by atoms with Crippen LogP contribution in [0.2, 0.25) is 10.0 Å². The molecule has 2 aromatic rings. The van der Waals surface area contributed by atoms with E-state index in [1.165, 1.54) is 0 Å². The molecule has 1 aromatic carbocycles. The Balaban J connectivity index is 1.69. The molecular formula is C16H15Cl2NO3. The molecule has 4 nitrogen and oxygen atoms in total. The number of carboxylic acids is 1. The smallest absolute Gasteiger partial charge is 0.307 e. The molecule has 116 valence electrons. The van der Waals surface area contributed by atoms with Crippen molar-refractivity contribution in [3.05, 3.63) is 46.1 Å². The first-order valence-electron chi connectivity index (χ1n) is 7.02. The molecule has 1 aromatic heterocycles. The molecule has 0 aliphatic carbocycles. The zero-order valence-corrected chi connectivity index (χ0v) is 13.3. The molecule has 1 saturated heterocycles. The van der Waals surface area contributed by atoms with Gasteiger partial charge in [0, 0.05) is 12.1 Å². The lowest BCUT2D eigenvalue weighted by Crippen LogP contribution is -2.22. The van der Waals surface area contributed by atoms with Gasteiger partial charge in [-0.25, -0.2) is 0 Å². The van der Waals surface area contributed by atoms with Crippen molar-refractivity contribution in [1.82, 2.24) is 4.90 Å². The lowest BCUT2D eigenvalue weighted by atomic mass is 10.1. The van der Waals surface area contributed by atoms with Gasteiger partial charge >= 0.3 is 5.97 Å². The minimum atomic E-state index is -0.724. The summed E-state index contributed by atoms with van der Waals surface area (Å²) in [6.45, 7) is 1.96. The maximum atomic E-state index is 11.0. The Morgan fingerprint density at radius 3 is 2.77 bits per heavy atom. The van der Waals surface area contributed by atoms with Crippen LogP contribution in [0.5, 0.6) is 0 Å². The summed E-state index contributed by atoms with van der Waals surface area (Å²) < 4.78 is 5.83. The van der Waals surface area contributed by atoms with E-state index in [1.807, 2.05) is 18.2 Å². The van der Waals surface area contributed by atoms with Gasteiger partial charge in [0.15, 0.2) is 0 Å². The lowest BCUT2D eigenvalue weighted by molar-refractivity contribution is -0.141. The van der Waals surface area contributed by atoms with Crippen LogP contribution in [0.25, 0.3) is 11.3 Å². The van der Waals surface area contributed by atoms with E-state index in [2.05, 4.69) is 4.90 Å². The Kier molecular flexibility index (Phi) is 4.43. The van der Waals surface area contributed by atoms with Crippen LogP contribution < -0.4 is 0 Å². The van der Waals surface area contributed by atoms with Crippen LogP contribution >= 0.6 is 23.2 Å². The molecule has 0 saturated carbocycles. The molecule has 0 radical (unpaired) electrons. The first kappa shape index (κ1) is 15.4. The van der Waals surface area contributed by atoms with Crippen molar-refractivity contribution in [2.45, 2.75) is 13.0 Å². The normalized spacial score (nSPS) is 18.7. The van der Waals surface area contributed by atoms with Crippen molar-refractivity contribution in [3.8, 4) is 11.3 Å². The van der Waals surface area contributed by atoms with Crippen LogP contribution in [0, 0.1) is 5.92 Å². The second-order valence-electron chi connectivity index (χ2n) is 5.45. The molecule has 22 heavy (non-hydrogen) atoms. The quantitative estimate of drug-likeness (QED) is 0.908. The highest BCUT2D eigenvalue weighted by Gasteiger charge is 2.28. The molecule has 0 spiro atoms. The number of hydrogen-bond donors (Lipinski definition) is 1. The molecule has 6 heteroatoms. The summed E-state index contributed by atoms with van der Waals surface area (Å²) in [4.78, 5) is 13.1. The van der Waals surface area contributed by atoms with Crippen molar-refractivity contribution >= 4 is 29.2 Å². The van der Waals surface area contributed by atoms with Gasteiger partial charge in [-0.15, -0.1) is 0 Å². The summed E-state index contributed by atoms with van der Waals surface area (Å²) in [6.07, 6.45) is 0.690. The topological polar surface area (TPSA) is 53.7 Å². The lowest BCUT2D eigenvalue weighted by Gasteiger charge is -2.12. The average Bonchev–Trinajstić information content (AvgIpc) is 3.12. The van der Waals surface area contributed by atoms with E-state index in [0.29, 0.717) is 29.6 Å². The zero-order chi connectivity index (χ0) is 15.7. The summed E-state index contributed by atoms with van der Waals surface area (Å²) >= 11 is 11.9. The molecule has 1 aliphatic heterocycles. The summed E-state index contributed by atoms with van der Waals surface area (Å²) in [6, 6.07) is 9.15. The highest BCUT2D eigenvalue weighted by molar-refractivity contribution is 6.42. The van der Waals surface area contributed by atoms with Gasteiger partial charge in [0.2, 0.25) is 0 Å².